The molecule has 0 bridgehead atoms. The Labute approximate surface area is 119 Å². The maximum absolute atomic E-state index is 6.44. The molecule has 0 aromatic heterocycles. The molecule has 1 unspecified atom stereocenters. The molecule has 1 aromatic carbocycles. The van der Waals surface area contributed by atoms with Gasteiger partial charge in [-0.15, -0.1) is 0 Å². The first-order valence-electron chi connectivity index (χ1n) is 7.12. The number of hydrogen-bond donors (Lipinski definition) is 1. The molecule has 1 N–H and O–H groups in total. The summed E-state index contributed by atoms with van der Waals surface area (Å²) in [5.41, 5.74) is 1.15. The van der Waals surface area contributed by atoms with Crippen molar-refractivity contribution in [3.8, 4) is 11.5 Å². The molecule has 4 heteroatoms. The van der Waals surface area contributed by atoms with Gasteiger partial charge in [0.15, 0.2) is 11.5 Å². The van der Waals surface area contributed by atoms with Crippen LogP contribution >= 0.6 is 11.6 Å². The molecular weight excluding hydrogens is 262 g/mol. The summed E-state index contributed by atoms with van der Waals surface area (Å²) in [6.07, 6.45) is 3.48. The van der Waals surface area contributed by atoms with Gasteiger partial charge in [0.2, 0.25) is 0 Å². The molecule has 0 amide bonds. The fraction of sp³-hybridized carbons (Fsp3) is 0.600. The van der Waals surface area contributed by atoms with Crippen molar-refractivity contribution in [2.24, 2.45) is 5.92 Å². The van der Waals surface area contributed by atoms with E-state index < -0.39 is 0 Å². The Morgan fingerprint density at radius 1 is 1.26 bits per heavy atom. The Morgan fingerprint density at radius 3 is 2.58 bits per heavy atom. The van der Waals surface area contributed by atoms with Crippen LogP contribution in [-0.4, -0.2) is 19.8 Å². The number of nitrogens with one attached hydrogen (secondary N) is 1. The van der Waals surface area contributed by atoms with Gasteiger partial charge in [0.25, 0.3) is 0 Å². The first-order chi connectivity index (χ1) is 9.29. The molecule has 3 rings (SSSR count). The molecule has 2 aliphatic rings. The third-order valence-corrected chi connectivity index (χ3v) is 4.05. The molecular formula is C15H20ClNO2. The van der Waals surface area contributed by atoms with Crippen LogP contribution in [0.1, 0.15) is 37.8 Å². The van der Waals surface area contributed by atoms with E-state index in [0.29, 0.717) is 25.2 Å². The summed E-state index contributed by atoms with van der Waals surface area (Å²) < 4.78 is 11.4. The van der Waals surface area contributed by atoms with Gasteiger partial charge in [0.05, 0.1) is 13.2 Å². The lowest BCUT2D eigenvalue weighted by Crippen LogP contribution is -2.23. The van der Waals surface area contributed by atoms with Crippen LogP contribution in [0.25, 0.3) is 0 Å². The highest BCUT2D eigenvalue weighted by atomic mass is 35.5. The Kier molecular flexibility index (Phi) is 3.85. The van der Waals surface area contributed by atoms with Crippen LogP contribution in [0.3, 0.4) is 0 Å². The topological polar surface area (TPSA) is 30.5 Å². The minimum Gasteiger partial charge on any atom is -0.490 e. The number of rotatable bonds is 4. The van der Waals surface area contributed by atoms with Crippen molar-refractivity contribution in [1.82, 2.24) is 5.32 Å². The van der Waals surface area contributed by atoms with E-state index in [1.807, 2.05) is 6.07 Å². The van der Waals surface area contributed by atoms with Gasteiger partial charge in [-0.25, -0.2) is 0 Å². The zero-order chi connectivity index (χ0) is 13.2. The summed E-state index contributed by atoms with van der Waals surface area (Å²) in [6.45, 7) is 4.49. The summed E-state index contributed by atoms with van der Waals surface area (Å²) in [6, 6.07) is 4.31. The van der Waals surface area contributed by atoms with E-state index in [9.17, 15) is 0 Å². The van der Waals surface area contributed by atoms with Crippen LogP contribution in [0.5, 0.6) is 11.5 Å². The van der Waals surface area contributed by atoms with E-state index in [0.717, 1.165) is 35.1 Å². The minimum atomic E-state index is 0.342. The normalized spacial score (nSPS) is 19.9. The van der Waals surface area contributed by atoms with Crippen molar-refractivity contribution >= 4 is 11.6 Å². The SMILES string of the molecule is CCNC(c1cc2c(cc1Cl)OCCCO2)C1CC1. The monoisotopic (exact) mass is 281 g/mol. The van der Waals surface area contributed by atoms with E-state index in [1.165, 1.54) is 12.8 Å². The highest BCUT2D eigenvalue weighted by Crippen LogP contribution is 2.45. The maximum atomic E-state index is 6.44. The molecule has 104 valence electrons. The predicted octanol–water partition coefficient (Wildman–Crippen LogP) is 3.56. The standard InChI is InChI=1S/C15H20ClNO2/c1-2-17-15(10-4-5-10)11-8-13-14(9-12(11)16)19-7-3-6-18-13/h8-10,15,17H,2-7H2,1H3. The molecule has 1 saturated carbocycles. The van der Waals surface area contributed by atoms with Gasteiger partial charge in [-0.2, -0.15) is 0 Å². The second-order valence-electron chi connectivity index (χ2n) is 5.24. The van der Waals surface area contributed by atoms with Crippen molar-refractivity contribution in [2.75, 3.05) is 19.8 Å². The molecule has 1 fully saturated rings. The Hall–Kier alpha value is -0.930. The van der Waals surface area contributed by atoms with E-state index >= 15 is 0 Å². The van der Waals surface area contributed by atoms with E-state index in [1.54, 1.807) is 0 Å². The largest absolute Gasteiger partial charge is 0.490 e. The summed E-state index contributed by atoms with van der Waals surface area (Å²) in [5.74, 6) is 2.32. The summed E-state index contributed by atoms with van der Waals surface area (Å²) >= 11 is 6.44. The van der Waals surface area contributed by atoms with Crippen molar-refractivity contribution < 1.29 is 9.47 Å². The molecule has 3 nitrogen and oxygen atoms in total. The molecule has 1 aliphatic heterocycles. The second kappa shape index (κ2) is 5.59. The fourth-order valence-electron chi connectivity index (χ4n) is 2.62. The third-order valence-electron chi connectivity index (χ3n) is 3.72. The first-order valence-corrected chi connectivity index (χ1v) is 7.50. The van der Waals surface area contributed by atoms with Gasteiger partial charge in [-0.1, -0.05) is 18.5 Å². The van der Waals surface area contributed by atoms with Gasteiger partial charge < -0.3 is 14.8 Å². The van der Waals surface area contributed by atoms with Gasteiger partial charge in [0.1, 0.15) is 0 Å². The lowest BCUT2D eigenvalue weighted by Gasteiger charge is -2.20. The molecule has 0 spiro atoms. The molecule has 0 saturated heterocycles. The molecule has 19 heavy (non-hydrogen) atoms. The zero-order valence-corrected chi connectivity index (χ0v) is 12.0. The smallest absolute Gasteiger partial charge is 0.162 e. The summed E-state index contributed by atoms with van der Waals surface area (Å²) in [7, 11) is 0. The van der Waals surface area contributed by atoms with Crippen molar-refractivity contribution in [3.63, 3.8) is 0 Å². The highest BCUT2D eigenvalue weighted by molar-refractivity contribution is 6.31. The van der Waals surface area contributed by atoms with Crippen molar-refractivity contribution in [1.29, 1.82) is 0 Å². The number of halogens is 1. The Bertz CT molecular complexity index is 460. The molecule has 0 radical (unpaired) electrons. The first kappa shape index (κ1) is 13.1. The van der Waals surface area contributed by atoms with Crippen molar-refractivity contribution in [3.05, 3.63) is 22.7 Å². The van der Waals surface area contributed by atoms with E-state index in [-0.39, 0.29) is 0 Å². The number of benzene rings is 1. The molecule has 1 heterocycles. The third kappa shape index (κ3) is 2.82. The van der Waals surface area contributed by atoms with Gasteiger partial charge in [-0.05, 0) is 36.9 Å². The second-order valence-corrected chi connectivity index (χ2v) is 5.65. The van der Waals surface area contributed by atoms with Crippen LogP contribution < -0.4 is 14.8 Å². The molecule has 1 aromatic rings. The van der Waals surface area contributed by atoms with E-state index in [2.05, 4.69) is 18.3 Å². The fourth-order valence-corrected chi connectivity index (χ4v) is 2.89. The quantitative estimate of drug-likeness (QED) is 0.915. The summed E-state index contributed by atoms with van der Waals surface area (Å²) in [5, 5.41) is 4.32. The van der Waals surface area contributed by atoms with Crippen LogP contribution in [0.15, 0.2) is 12.1 Å². The number of ether oxygens (including phenoxy) is 2. The average molecular weight is 282 g/mol. The van der Waals surface area contributed by atoms with Gasteiger partial charge >= 0.3 is 0 Å². The lowest BCUT2D eigenvalue weighted by molar-refractivity contribution is 0.297. The number of hydrogen-bond acceptors (Lipinski definition) is 3. The van der Waals surface area contributed by atoms with Crippen LogP contribution in [-0.2, 0) is 0 Å². The Morgan fingerprint density at radius 2 is 1.95 bits per heavy atom. The summed E-state index contributed by atoms with van der Waals surface area (Å²) in [4.78, 5) is 0. The van der Waals surface area contributed by atoms with Crippen molar-refractivity contribution in [2.45, 2.75) is 32.2 Å². The lowest BCUT2D eigenvalue weighted by atomic mass is 10.0. The Balaban J connectivity index is 1.93. The molecule has 1 aliphatic carbocycles. The van der Waals surface area contributed by atoms with Crippen LogP contribution in [0, 0.1) is 5.92 Å². The van der Waals surface area contributed by atoms with Crippen LogP contribution in [0.2, 0.25) is 5.02 Å². The number of fused-ring (bicyclic) bond motifs is 1. The predicted molar refractivity (Wildman–Crippen MR) is 76.2 cm³/mol. The minimum absolute atomic E-state index is 0.342. The van der Waals surface area contributed by atoms with E-state index in [4.69, 9.17) is 21.1 Å². The average Bonchev–Trinajstić information content (AvgIpc) is 3.22. The van der Waals surface area contributed by atoms with Crippen LogP contribution in [0.4, 0.5) is 0 Å². The zero-order valence-electron chi connectivity index (χ0n) is 11.2. The maximum Gasteiger partial charge on any atom is 0.162 e. The highest BCUT2D eigenvalue weighted by Gasteiger charge is 2.33. The van der Waals surface area contributed by atoms with Gasteiger partial charge in [0, 0.05) is 23.6 Å². The van der Waals surface area contributed by atoms with Gasteiger partial charge in [-0.3, -0.25) is 0 Å². The molecule has 1 atom stereocenters.